The Balaban J connectivity index is 0. The molecule has 27 heavy (non-hydrogen) atoms. The van der Waals surface area contributed by atoms with Crippen LogP contribution in [0.1, 0.15) is 53.9 Å². The third-order valence-corrected chi connectivity index (χ3v) is 3.26. The molecule has 0 spiro atoms. The summed E-state index contributed by atoms with van der Waals surface area (Å²) in [6.45, 7) is 9.45. The summed E-state index contributed by atoms with van der Waals surface area (Å²) in [7, 11) is 1.67. The number of hydrogen-bond acceptors (Lipinski definition) is 7. The van der Waals surface area contributed by atoms with Crippen LogP contribution in [0.25, 0.3) is 0 Å². The van der Waals surface area contributed by atoms with E-state index in [9.17, 15) is 19.2 Å². The van der Waals surface area contributed by atoms with Crippen molar-refractivity contribution in [3.8, 4) is 0 Å². The summed E-state index contributed by atoms with van der Waals surface area (Å²) >= 11 is 2.97. The van der Waals surface area contributed by atoms with Gasteiger partial charge in [-0.25, -0.2) is 0 Å². The Kier molecular flexibility index (Phi) is 16.0. The summed E-state index contributed by atoms with van der Waals surface area (Å²) in [6.07, 6.45) is 1.60. The Hall–Kier alpha value is -1.48. The average Bonchev–Trinajstić information content (AvgIpc) is 2.53. The highest BCUT2D eigenvalue weighted by molar-refractivity contribution is 9.09. The van der Waals surface area contributed by atoms with Gasteiger partial charge in [0.25, 0.3) is 0 Å². The van der Waals surface area contributed by atoms with E-state index in [0.29, 0.717) is 24.7 Å². The Morgan fingerprint density at radius 2 is 1.78 bits per heavy atom. The fraction of sp³-hybridized carbons (Fsp3) is 0.778. The number of aldehydes is 1. The fourth-order valence-electron chi connectivity index (χ4n) is 1.65. The first kappa shape index (κ1) is 27.7. The SMILES string of the molecule is CN[C@H](CCC(=O)OC(C)C)C(=O)OC(C)(C)C.O=CCCNC(=O)CBr. The van der Waals surface area contributed by atoms with Crippen molar-refractivity contribution in [2.45, 2.75) is 71.6 Å². The van der Waals surface area contributed by atoms with Crippen LogP contribution in [0.15, 0.2) is 0 Å². The molecule has 0 heterocycles. The maximum atomic E-state index is 11.8. The minimum atomic E-state index is -0.523. The van der Waals surface area contributed by atoms with Gasteiger partial charge in [-0.05, 0) is 48.1 Å². The molecule has 0 aromatic rings. The third kappa shape index (κ3) is 19.1. The Bertz CT molecular complexity index is 463. The van der Waals surface area contributed by atoms with Gasteiger partial charge in [0.2, 0.25) is 5.91 Å². The molecule has 0 fully saturated rings. The first-order chi connectivity index (χ1) is 12.5. The van der Waals surface area contributed by atoms with Crippen molar-refractivity contribution in [2.75, 3.05) is 18.9 Å². The predicted molar refractivity (Wildman–Crippen MR) is 107 cm³/mol. The number of likely N-dealkylation sites (N-methyl/N-ethyl adjacent to an activating group) is 1. The molecule has 0 radical (unpaired) electrons. The van der Waals surface area contributed by atoms with Crippen LogP contribution in [-0.4, -0.2) is 60.8 Å². The van der Waals surface area contributed by atoms with Crippen molar-refractivity contribution in [2.24, 2.45) is 0 Å². The van der Waals surface area contributed by atoms with Crippen molar-refractivity contribution in [3.05, 3.63) is 0 Å². The second-order valence-electron chi connectivity index (χ2n) is 6.89. The molecule has 0 aliphatic rings. The summed E-state index contributed by atoms with van der Waals surface area (Å²) in [4.78, 5) is 43.3. The van der Waals surface area contributed by atoms with Gasteiger partial charge < -0.3 is 24.9 Å². The lowest BCUT2D eigenvalue weighted by molar-refractivity contribution is -0.158. The molecule has 2 N–H and O–H groups in total. The summed E-state index contributed by atoms with van der Waals surface area (Å²) in [5.41, 5.74) is -0.523. The third-order valence-electron chi connectivity index (χ3n) is 2.75. The minimum absolute atomic E-state index is 0.0862. The summed E-state index contributed by atoms with van der Waals surface area (Å²) in [6, 6.07) is -0.482. The molecule has 0 saturated heterocycles. The molecular weight excluding hydrogens is 420 g/mol. The molecule has 0 bridgehead atoms. The van der Waals surface area contributed by atoms with Crippen LogP contribution in [0.5, 0.6) is 0 Å². The molecule has 0 saturated carbocycles. The molecular formula is C18H33BrN2O6. The Labute approximate surface area is 170 Å². The second-order valence-corrected chi connectivity index (χ2v) is 7.45. The van der Waals surface area contributed by atoms with Gasteiger partial charge in [-0.2, -0.15) is 0 Å². The number of hydrogen-bond donors (Lipinski definition) is 2. The van der Waals surface area contributed by atoms with Crippen LogP contribution in [0.2, 0.25) is 0 Å². The fourth-order valence-corrected chi connectivity index (χ4v) is 1.85. The van der Waals surface area contributed by atoms with E-state index in [2.05, 4.69) is 26.6 Å². The zero-order valence-corrected chi connectivity index (χ0v) is 18.7. The number of amides is 1. The van der Waals surface area contributed by atoms with Crippen LogP contribution >= 0.6 is 15.9 Å². The highest BCUT2D eigenvalue weighted by atomic mass is 79.9. The van der Waals surface area contributed by atoms with E-state index < -0.39 is 11.6 Å². The van der Waals surface area contributed by atoms with E-state index in [1.165, 1.54) is 0 Å². The lowest BCUT2D eigenvalue weighted by atomic mass is 10.1. The van der Waals surface area contributed by atoms with Gasteiger partial charge in [0.15, 0.2) is 0 Å². The van der Waals surface area contributed by atoms with Crippen LogP contribution in [0, 0.1) is 0 Å². The van der Waals surface area contributed by atoms with E-state index >= 15 is 0 Å². The van der Waals surface area contributed by atoms with E-state index in [4.69, 9.17) is 9.47 Å². The van der Waals surface area contributed by atoms with Crippen molar-refractivity contribution in [3.63, 3.8) is 0 Å². The predicted octanol–water partition coefficient (Wildman–Crippen LogP) is 1.73. The first-order valence-electron chi connectivity index (χ1n) is 8.82. The van der Waals surface area contributed by atoms with Gasteiger partial charge >= 0.3 is 11.9 Å². The number of ether oxygens (including phenoxy) is 2. The first-order valence-corrected chi connectivity index (χ1v) is 9.94. The number of nitrogens with one attached hydrogen (secondary N) is 2. The number of rotatable bonds is 10. The molecule has 1 atom stereocenters. The molecule has 0 unspecified atom stereocenters. The molecule has 8 nitrogen and oxygen atoms in total. The maximum Gasteiger partial charge on any atom is 0.323 e. The smallest absolute Gasteiger partial charge is 0.323 e. The average molecular weight is 453 g/mol. The van der Waals surface area contributed by atoms with Crippen molar-refractivity contribution in [1.82, 2.24) is 10.6 Å². The topological polar surface area (TPSA) is 111 Å². The minimum Gasteiger partial charge on any atom is -0.463 e. The molecule has 0 aromatic heterocycles. The van der Waals surface area contributed by atoms with E-state index in [0.717, 1.165) is 6.29 Å². The van der Waals surface area contributed by atoms with Gasteiger partial charge in [0, 0.05) is 19.4 Å². The van der Waals surface area contributed by atoms with E-state index in [-0.39, 0.29) is 30.4 Å². The zero-order valence-electron chi connectivity index (χ0n) is 17.1. The normalized spacial score (nSPS) is 11.7. The van der Waals surface area contributed by atoms with Crippen molar-refractivity contribution in [1.29, 1.82) is 0 Å². The van der Waals surface area contributed by atoms with Gasteiger partial charge in [0.05, 0.1) is 11.4 Å². The van der Waals surface area contributed by atoms with Crippen LogP contribution in [0.3, 0.4) is 0 Å². The summed E-state index contributed by atoms with van der Waals surface area (Å²) < 4.78 is 10.3. The van der Waals surface area contributed by atoms with Gasteiger partial charge in [-0.3, -0.25) is 14.4 Å². The molecule has 158 valence electrons. The summed E-state index contributed by atoms with van der Waals surface area (Å²) in [5.74, 6) is -0.729. The number of alkyl halides is 1. The van der Waals surface area contributed by atoms with Gasteiger partial charge in [-0.15, -0.1) is 0 Å². The molecule has 9 heteroatoms. The Morgan fingerprint density at radius 1 is 1.19 bits per heavy atom. The lowest BCUT2D eigenvalue weighted by Gasteiger charge is -2.23. The van der Waals surface area contributed by atoms with Crippen LogP contribution in [0.4, 0.5) is 0 Å². The highest BCUT2D eigenvalue weighted by Crippen LogP contribution is 2.11. The standard InChI is InChI=1S/C13H25NO4.C5H8BrNO2/c1-9(2)17-11(15)8-7-10(14-6)12(16)18-13(3,4)5;6-4-5(9)7-2-1-3-8/h9-10,14H,7-8H2,1-6H3;3H,1-2,4H2,(H,7,9)/t10-;/m1./s1. The van der Waals surface area contributed by atoms with E-state index in [1.807, 2.05) is 20.8 Å². The monoisotopic (exact) mass is 452 g/mol. The largest absolute Gasteiger partial charge is 0.463 e. The number of carbonyl (C=O) groups excluding carboxylic acids is 4. The quantitative estimate of drug-likeness (QED) is 0.224. The van der Waals surface area contributed by atoms with Gasteiger partial charge in [0.1, 0.15) is 17.9 Å². The van der Waals surface area contributed by atoms with Crippen LogP contribution < -0.4 is 10.6 Å². The second kappa shape index (κ2) is 15.6. The lowest BCUT2D eigenvalue weighted by Crippen LogP contribution is -2.40. The molecule has 0 aliphatic heterocycles. The van der Waals surface area contributed by atoms with Crippen molar-refractivity contribution < 1.29 is 28.7 Å². The number of esters is 2. The Morgan fingerprint density at radius 3 is 2.19 bits per heavy atom. The number of halogens is 1. The van der Waals surface area contributed by atoms with Crippen LogP contribution in [-0.2, 0) is 28.7 Å². The molecule has 0 rings (SSSR count). The number of carbonyl (C=O) groups is 4. The van der Waals surface area contributed by atoms with E-state index in [1.54, 1.807) is 20.9 Å². The maximum absolute atomic E-state index is 11.8. The van der Waals surface area contributed by atoms with Gasteiger partial charge in [-0.1, -0.05) is 15.9 Å². The summed E-state index contributed by atoms with van der Waals surface area (Å²) in [5, 5.41) is 5.66. The molecule has 1 amide bonds. The highest BCUT2D eigenvalue weighted by Gasteiger charge is 2.24. The molecule has 0 aromatic carbocycles. The van der Waals surface area contributed by atoms with Crippen molar-refractivity contribution >= 4 is 40.1 Å². The molecule has 0 aliphatic carbocycles. The zero-order chi connectivity index (χ0) is 21.5.